The maximum atomic E-state index is 11.8. The molecule has 0 heterocycles. The van der Waals surface area contributed by atoms with Crippen molar-refractivity contribution in [1.29, 1.82) is 0 Å². The topological polar surface area (TPSA) is 44.8 Å². The third kappa shape index (κ3) is 5.42. The zero-order chi connectivity index (χ0) is 10.3. The van der Waals surface area contributed by atoms with Crippen molar-refractivity contribution in [3.63, 3.8) is 0 Å². The molecule has 0 amide bonds. The molecular formula is C8H19O4P. The van der Waals surface area contributed by atoms with E-state index in [4.69, 9.17) is 13.8 Å². The minimum Gasteiger partial charge on any atom is -0.382 e. The van der Waals surface area contributed by atoms with Gasteiger partial charge in [-0.3, -0.25) is 4.57 Å². The number of ether oxygens (including phenoxy) is 1. The van der Waals surface area contributed by atoms with Gasteiger partial charge >= 0.3 is 7.60 Å². The van der Waals surface area contributed by atoms with Crippen molar-refractivity contribution in [2.75, 3.05) is 26.5 Å². The van der Waals surface area contributed by atoms with Crippen LogP contribution < -0.4 is 0 Å². The van der Waals surface area contributed by atoms with E-state index in [-0.39, 0.29) is 6.10 Å². The minimum atomic E-state index is -2.87. The highest BCUT2D eigenvalue weighted by Crippen LogP contribution is 2.48. The van der Waals surface area contributed by atoms with Crippen LogP contribution in [0.2, 0.25) is 0 Å². The fraction of sp³-hybridized carbons (Fsp3) is 1.00. The van der Waals surface area contributed by atoms with Crippen molar-refractivity contribution in [1.82, 2.24) is 0 Å². The highest BCUT2D eigenvalue weighted by atomic mass is 31.2. The summed E-state index contributed by atoms with van der Waals surface area (Å²) in [5, 5.41) is 0. The lowest BCUT2D eigenvalue weighted by atomic mass is 10.5. The van der Waals surface area contributed by atoms with Crippen molar-refractivity contribution in [3.8, 4) is 0 Å². The molecule has 0 fully saturated rings. The molecule has 0 spiro atoms. The molecule has 5 heteroatoms. The lowest BCUT2D eigenvalue weighted by Gasteiger charge is -2.20. The summed E-state index contributed by atoms with van der Waals surface area (Å²) in [6.07, 6.45) is 0.205. The predicted molar refractivity (Wildman–Crippen MR) is 52.2 cm³/mol. The Labute approximate surface area is 80.1 Å². The summed E-state index contributed by atoms with van der Waals surface area (Å²) < 4.78 is 27.0. The molecule has 0 aromatic carbocycles. The molecule has 0 saturated carbocycles. The predicted octanol–water partition coefficient (Wildman–Crippen LogP) is 2.29. The van der Waals surface area contributed by atoms with Crippen molar-refractivity contribution in [3.05, 3.63) is 0 Å². The van der Waals surface area contributed by atoms with E-state index in [1.807, 2.05) is 6.92 Å². The smallest absolute Gasteiger partial charge is 0.330 e. The fourth-order valence-corrected chi connectivity index (χ4v) is 2.33. The van der Waals surface area contributed by atoms with E-state index in [1.165, 1.54) is 0 Å². The first-order valence-corrected chi connectivity index (χ1v) is 6.21. The lowest BCUT2D eigenvalue weighted by molar-refractivity contribution is 0.0767. The van der Waals surface area contributed by atoms with Crippen LogP contribution >= 0.6 is 7.60 Å². The molecule has 0 aromatic heterocycles. The summed E-state index contributed by atoms with van der Waals surface area (Å²) in [4.78, 5) is 0. The Kier molecular flexibility index (Phi) is 6.60. The maximum absolute atomic E-state index is 11.8. The molecule has 0 aliphatic rings. The largest absolute Gasteiger partial charge is 0.382 e. The van der Waals surface area contributed by atoms with Crippen LogP contribution in [0.25, 0.3) is 0 Å². The fourth-order valence-electron chi connectivity index (χ4n) is 0.932. The van der Waals surface area contributed by atoms with Gasteiger partial charge in [0.2, 0.25) is 0 Å². The molecule has 80 valence electrons. The number of rotatable bonds is 7. The third-order valence-electron chi connectivity index (χ3n) is 1.46. The Morgan fingerprint density at radius 2 is 2.00 bits per heavy atom. The van der Waals surface area contributed by atoms with Gasteiger partial charge in [-0.05, 0) is 13.8 Å². The van der Waals surface area contributed by atoms with E-state index >= 15 is 0 Å². The van der Waals surface area contributed by atoms with E-state index < -0.39 is 7.60 Å². The molecule has 0 rings (SSSR count). The van der Waals surface area contributed by atoms with Crippen molar-refractivity contribution < 1.29 is 18.3 Å². The first-order valence-electron chi connectivity index (χ1n) is 4.49. The van der Waals surface area contributed by atoms with Gasteiger partial charge in [0.25, 0.3) is 0 Å². The summed E-state index contributed by atoms with van der Waals surface area (Å²) in [6, 6.07) is 0. The normalized spacial score (nSPS) is 18.2. The van der Waals surface area contributed by atoms with Crippen LogP contribution in [0.1, 0.15) is 20.8 Å². The highest BCUT2D eigenvalue weighted by molar-refractivity contribution is 7.53. The van der Waals surface area contributed by atoms with Crippen LogP contribution in [-0.4, -0.2) is 32.6 Å². The average Bonchev–Trinajstić information content (AvgIpc) is 2.05. The maximum Gasteiger partial charge on any atom is 0.330 e. The van der Waals surface area contributed by atoms with Crippen LogP contribution in [-0.2, 0) is 18.3 Å². The van der Waals surface area contributed by atoms with E-state index in [0.29, 0.717) is 19.4 Å². The molecule has 0 saturated heterocycles. The Bertz CT molecular complexity index is 172. The Morgan fingerprint density at radius 1 is 1.38 bits per heavy atom. The second-order valence-corrected chi connectivity index (χ2v) is 5.04. The second-order valence-electron chi connectivity index (χ2n) is 2.72. The molecular weight excluding hydrogens is 191 g/mol. The first kappa shape index (κ1) is 13.1. The number of hydrogen-bond donors (Lipinski definition) is 0. The Morgan fingerprint density at radius 3 is 2.38 bits per heavy atom. The quantitative estimate of drug-likeness (QED) is 0.605. The van der Waals surface area contributed by atoms with E-state index in [1.54, 1.807) is 21.0 Å². The summed E-state index contributed by atoms with van der Waals surface area (Å²) in [5.74, 6) is 0. The lowest BCUT2D eigenvalue weighted by Crippen LogP contribution is -2.14. The van der Waals surface area contributed by atoms with Gasteiger partial charge in [0.1, 0.15) is 0 Å². The molecule has 0 bridgehead atoms. The molecule has 0 aliphatic heterocycles. The van der Waals surface area contributed by atoms with E-state index in [9.17, 15) is 4.57 Å². The molecule has 0 radical (unpaired) electrons. The van der Waals surface area contributed by atoms with E-state index in [0.717, 1.165) is 0 Å². The monoisotopic (exact) mass is 210 g/mol. The molecule has 2 atom stereocenters. The summed E-state index contributed by atoms with van der Waals surface area (Å²) in [7, 11) is -1.29. The Balaban J connectivity index is 4.02. The van der Waals surface area contributed by atoms with Gasteiger partial charge in [0.15, 0.2) is 0 Å². The third-order valence-corrected chi connectivity index (χ3v) is 3.56. The molecule has 0 N–H and O–H groups in total. The van der Waals surface area contributed by atoms with Crippen LogP contribution in [0.5, 0.6) is 0 Å². The summed E-state index contributed by atoms with van der Waals surface area (Å²) in [5.41, 5.74) is 0. The highest BCUT2D eigenvalue weighted by Gasteiger charge is 2.23. The van der Waals surface area contributed by atoms with Gasteiger partial charge in [-0.2, -0.15) is 0 Å². The molecule has 0 aliphatic carbocycles. The van der Waals surface area contributed by atoms with Crippen molar-refractivity contribution in [2.24, 2.45) is 0 Å². The van der Waals surface area contributed by atoms with Gasteiger partial charge in [0.05, 0.1) is 19.3 Å². The SMILES string of the molecule is CCOP(=O)(CC)OC(C)COC. The van der Waals surface area contributed by atoms with Crippen LogP contribution in [0.4, 0.5) is 0 Å². The van der Waals surface area contributed by atoms with Crippen molar-refractivity contribution in [2.45, 2.75) is 26.9 Å². The standard InChI is InChI=1S/C8H19O4P/c1-5-11-13(9,6-2)12-8(3)7-10-4/h8H,5-7H2,1-4H3. The summed E-state index contributed by atoms with van der Waals surface area (Å²) in [6.45, 7) is 6.23. The van der Waals surface area contributed by atoms with Gasteiger partial charge in [-0.1, -0.05) is 6.92 Å². The first-order chi connectivity index (χ1) is 6.08. The van der Waals surface area contributed by atoms with Gasteiger partial charge in [-0.25, -0.2) is 0 Å². The number of hydrogen-bond acceptors (Lipinski definition) is 4. The van der Waals surface area contributed by atoms with Gasteiger partial charge in [0, 0.05) is 13.3 Å². The average molecular weight is 210 g/mol. The van der Waals surface area contributed by atoms with Crippen LogP contribution in [0.3, 0.4) is 0 Å². The zero-order valence-electron chi connectivity index (χ0n) is 8.78. The van der Waals surface area contributed by atoms with E-state index in [2.05, 4.69) is 0 Å². The molecule has 2 unspecified atom stereocenters. The second kappa shape index (κ2) is 6.55. The molecule has 0 aromatic rings. The Hall–Kier alpha value is 0.110. The number of methoxy groups -OCH3 is 1. The molecule has 13 heavy (non-hydrogen) atoms. The van der Waals surface area contributed by atoms with Gasteiger partial charge in [-0.15, -0.1) is 0 Å². The van der Waals surface area contributed by atoms with Crippen LogP contribution in [0, 0.1) is 0 Å². The zero-order valence-corrected chi connectivity index (χ0v) is 9.67. The minimum absolute atomic E-state index is 0.192. The molecule has 4 nitrogen and oxygen atoms in total. The van der Waals surface area contributed by atoms with Crippen molar-refractivity contribution >= 4 is 7.60 Å². The van der Waals surface area contributed by atoms with Crippen LogP contribution in [0.15, 0.2) is 0 Å². The van der Waals surface area contributed by atoms with Gasteiger partial charge < -0.3 is 13.8 Å². The summed E-state index contributed by atoms with van der Waals surface area (Å²) >= 11 is 0.